The monoisotopic (exact) mass is 512 g/mol. The molecule has 1 atom stereocenters. The van der Waals surface area contributed by atoms with Gasteiger partial charge in [-0.25, -0.2) is 4.99 Å². The van der Waals surface area contributed by atoms with Crippen LogP contribution in [0.3, 0.4) is 0 Å². The maximum atomic E-state index is 12.9. The van der Waals surface area contributed by atoms with Crippen LogP contribution >= 0.6 is 0 Å². The fraction of sp³-hybridized carbons (Fsp3) is 0.320. The fourth-order valence-electron chi connectivity index (χ4n) is 4.55. The normalized spacial score (nSPS) is 18.1. The molecular formula is C25H26N3O7S+. The number of imide groups is 1. The van der Waals surface area contributed by atoms with Gasteiger partial charge in [-0.3, -0.25) is 19.1 Å². The van der Waals surface area contributed by atoms with Crippen LogP contribution in [0, 0.1) is 0 Å². The highest BCUT2D eigenvalue weighted by Gasteiger charge is 2.49. The lowest BCUT2D eigenvalue weighted by atomic mass is 9.82. The average molecular weight is 513 g/mol. The molecule has 36 heavy (non-hydrogen) atoms. The van der Waals surface area contributed by atoms with Gasteiger partial charge in [0.2, 0.25) is 17.5 Å². The average Bonchev–Trinajstić information content (AvgIpc) is 3.12. The van der Waals surface area contributed by atoms with Crippen molar-refractivity contribution in [3.05, 3.63) is 58.7 Å². The summed E-state index contributed by atoms with van der Waals surface area (Å²) < 4.78 is 39.1. The van der Waals surface area contributed by atoms with Crippen molar-refractivity contribution < 1.29 is 36.7 Å². The van der Waals surface area contributed by atoms with E-state index >= 15 is 0 Å². The lowest BCUT2D eigenvalue weighted by Gasteiger charge is -2.28. The molecule has 2 heterocycles. The quantitative estimate of drug-likeness (QED) is 0.276. The van der Waals surface area contributed by atoms with Crippen molar-refractivity contribution in [3.8, 4) is 11.5 Å². The van der Waals surface area contributed by atoms with Crippen LogP contribution in [0.25, 0.3) is 5.57 Å². The van der Waals surface area contributed by atoms with Gasteiger partial charge in [-0.15, -0.1) is 0 Å². The summed E-state index contributed by atoms with van der Waals surface area (Å²) in [5.74, 6) is 0.0866. The maximum absolute atomic E-state index is 12.9. The molecule has 11 heteroatoms. The van der Waals surface area contributed by atoms with Crippen LogP contribution in [0.15, 0.2) is 42.0 Å². The summed E-state index contributed by atoms with van der Waals surface area (Å²) in [7, 11) is 0.429. The van der Waals surface area contributed by atoms with Crippen LogP contribution in [0.2, 0.25) is 0 Å². The Morgan fingerprint density at radius 2 is 1.89 bits per heavy atom. The first-order valence-corrected chi connectivity index (χ1v) is 13.2. The summed E-state index contributed by atoms with van der Waals surface area (Å²) in [6.45, 7) is 0.673. The number of ether oxygens (including phenoxy) is 2. The third-order valence-corrected chi connectivity index (χ3v) is 6.72. The molecule has 2 aliphatic heterocycles. The van der Waals surface area contributed by atoms with E-state index < -0.39 is 28.0 Å². The van der Waals surface area contributed by atoms with Gasteiger partial charge in [-0.05, 0) is 38.7 Å². The van der Waals surface area contributed by atoms with Crippen molar-refractivity contribution in [1.82, 2.24) is 10.2 Å². The van der Waals surface area contributed by atoms with Crippen LogP contribution in [0.5, 0.6) is 11.5 Å². The van der Waals surface area contributed by atoms with Crippen molar-refractivity contribution in [3.63, 3.8) is 0 Å². The number of fused-ring (bicyclic) bond motifs is 6. The second-order valence-corrected chi connectivity index (χ2v) is 10.7. The van der Waals surface area contributed by atoms with Crippen molar-refractivity contribution >= 4 is 38.9 Å². The van der Waals surface area contributed by atoms with Crippen molar-refractivity contribution in [2.24, 2.45) is 0 Å². The van der Waals surface area contributed by atoms with Crippen LogP contribution in [-0.2, 0) is 30.3 Å². The lowest BCUT2D eigenvalue weighted by molar-refractivity contribution is -0.363. The molecule has 0 saturated heterocycles. The molecule has 2 aromatic rings. The number of rotatable bonds is 8. The van der Waals surface area contributed by atoms with E-state index in [9.17, 15) is 18.0 Å². The number of carbonyl (C=O) groups is 2. The summed E-state index contributed by atoms with van der Waals surface area (Å²) in [6.07, 6.45) is 0.963. The van der Waals surface area contributed by atoms with E-state index in [2.05, 4.69) is 15.2 Å². The number of nitrogens with one attached hydrogen (secondary N) is 2. The summed E-state index contributed by atoms with van der Waals surface area (Å²) in [5, 5.41) is 2.39. The summed E-state index contributed by atoms with van der Waals surface area (Å²) >= 11 is 0. The fourth-order valence-corrected chi connectivity index (χ4v) is 4.92. The number of hydrogen-bond acceptors (Lipinski definition) is 8. The first-order valence-electron chi connectivity index (χ1n) is 11.4. The number of nitrogens with zero attached hydrogens (tertiary/aromatic N) is 1. The van der Waals surface area contributed by atoms with E-state index in [4.69, 9.17) is 13.7 Å². The number of amides is 2. The SMILES string of the molecule is CN(C)CCc1cccc2c1OC1C(=[NH+]2)c2ccc(OCCOS(C)(=O)=O)cc2C2=C1C(=O)NC2=O. The van der Waals surface area contributed by atoms with E-state index in [0.717, 1.165) is 30.5 Å². The molecule has 0 bridgehead atoms. The topological polar surface area (TPSA) is 125 Å². The van der Waals surface area contributed by atoms with Crippen LogP contribution in [0.4, 0.5) is 5.69 Å². The highest BCUT2D eigenvalue weighted by Crippen LogP contribution is 2.40. The molecule has 188 valence electrons. The Kier molecular flexibility index (Phi) is 6.15. The first kappa shape index (κ1) is 24.2. The minimum Gasteiger partial charge on any atom is -0.491 e. The number of hydrogen-bond donors (Lipinski definition) is 2. The summed E-state index contributed by atoms with van der Waals surface area (Å²) in [5.41, 5.74) is 4.20. The Hall–Kier alpha value is -3.54. The van der Waals surface area contributed by atoms with Crippen molar-refractivity contribution in [1.29, 1.82) is 0 Å². The van der Waals surface area contributed by atoms with Crippen LogP contribution < -0.4 is 19.8 Å². The van der Waals surface area contributed by atoms with Gasteiger partial charge in [-0.1, -0.05) is 12.1 Å². The second-order valence-electron chi connectivity index (χ2n) is 9.04. The Morgan fingerprint density at radius 1 is 1.08 bits per heavy atom. The van der Waals surface area contributed by atoms with Crippen molar-refractivity contribution in [2.75, 3.05) is 40.1 Å². The molecule has 0 aromatic heterocycles. The van der Waals surface area contributed by atoms with E-state index in [0.29, 0.717) is 28.3 Å². The minimum absolute atomic E-state index is 0.00739. The molecule has 2 N–H and O–H groups in total. The van der Waals surface area contributed by atoms with Gasteiger partial charge in [0, 0.05) is 23.7 Å². The molecule has 10 nitrogen and oxygen atoms in total. The molecule has 2 aromatic carbocycles. The number of benzene rings is 2. The highest BCUT2D eigenvalue weighted by atomic mass is 32.2. The molecule has 1 aliphatic carbocycles. The molecule has 1 unspecified atom stereocenters. The largest absolute Gasteiger partial charge is 0.491 e. The third-order valence-electron chi connectivity index (χ3n) is 6.12. The van der Waals surface area contributed by atoms with E-state index in [1.165, 1.54) is 0 Å². The molecule has 0 saturated carbocycles. The predicted octanol–water partition coefficient (Wildman–Crippen LogP) is -0.468. The molecule has 2 amide bonds. The zero-order valence-electron chi connectivity index (χ0n) is 20.1. The number of carbonyl (C=O) groups excluding carboxylic acids is 2. The number of para-hydroxylation sites is 1. The zero-order chi connectivity index (χ0) is 25.6. The molecule has 0 radical (unpaired) electrons. The highest BCUT2D eigenvalue weighted by molar-refractivity contribution is 7.85. The van der Waals surface area contributed by atoms with Gasteiger partial charge >= 0.3 is 0 Å². The Morgan fingerprint density at radius 3 is 2.64 bits per heavy atom. The molecule has 0 spiro atoms. The number of likely N-dealkylation sites (N-methyl/N-ethyl adjacent to an activating group) is 1. The predicted molar refractivity (Wildman–Crippen MR) is 131 cm³/mol. The smallest absolute Gasteiger partial charge is 0.264 e. The first-order chi connectivity index (χ1) is 17.1. The van der Waals surface area contributed by atoms with Gasteiger partial charge in [0.1, 0.15) is 19.0 Å². The molecule has 0 fully saturated rings. The second kappa shape index (κ2) is 9.16. The van der Waals surface area contributed by atoms with Gasteiger partial charge in [0.25, 0.3) is 21.9 Å². The Balaban J connectivity index is 1.54. The minimum atomic E-state index is -3.57. The van der Waals surface area contributed by atoms with Gasteiger partial charge in [0.15, 0.2) is 5.75 Å². The zero-order valence-corrected chi connectivity index (χ0v) is 20.9. The van der Waals surface area contributed by atoms with Crippen LogP contribution in [0.1, 0.15) is 16.7 Å². The summed E-state index contributed by atoms with van der Waals surface area (Å²) in [4.78, 5) is 31.2. The molecule has 5 rings (SSSR count). The Labute approximate surface area is 208 Å². The third kappa shape index (κ3) is 4.52. The standard InChI is InChI=1S/C25H25N3O7S/c1-28(2)10-9-14-5-4-6-18-22(14)35-23-20-19(24(29)27-25(20)30)17-13-15(7-8-16(17)21(23)26-18)33-11-12-34-36(3,31)32/h4-8,13,23H,9-12H2,1-3H3,(H,27,29,30)/p+1. The van der Waals surface area contributed by atoms with E-state index in [1.54, 1.807) is 18.2 Å². The summed E-state index contributed by atoms with van der Waals surface area (Å²) in [6, 6.07) is 11.0. The lowest BCUT2D eigenvalue weighted by Crippen LogP contribution is -2.73. The molecule has 3 aliphatic rings. The maximum Gasteiger partial charge on any atom is 0.264 e. The Bertz CT molecular complexity index is 1440. The van der Waals surface area contributed by atoms with E-state index in [-0.39, 0.29) is 24.4 Å². The molecular weight excluding hydrogens is 486 g/mol. The van der Waals surface area contributed by atoms with Gasteiger partial charge in [0.05, 0.1) is 23.0 Å². The van der Waals surface area contributed by atoms with Gasteiger partial charge < -0.3 is 14.4 Å². The van der Waals surface area contributed by atoms with Gasteiger partial charge in [-0.2, -0.15) is 8.42 Å². The van der Waals surface area contributed by atoms with Crippen LogP contribution in [-0.4, -0.2) is 77.1 Å². The van der Waals surface area contributed by atoms with E-state index in [1.807, 2.05) is 32.3 Å². The van der Waals surface area contributed by atoms with Crippen molar-refractivity contribution in [2.45, 2.75) is 12.5 Å².